The van der Waals surface area contributed by atoms with Crippen LogP contribution in [0, 0.1) is 5.92 Å². The minimum Gasteiger partial charge on any atom is -0.342 e. The summed E-state index contributed by atoms with van der Waals surface area (Å²) in [5.74, 6) is 0.485. The Labute approximate surface area is 115 Å². The maximum atomic E-state index is 12.7. The fraction of sp³-hybridized carbons (Fsp3) is 0.733. The molecule has 0 radical (unpaired) electrons. The van der Waals surface area contributed by atoms with E-state index in [9.17, 15) is 9.59 Å². The van der Waals surface area contributed by atoms with E-state index < -0.39 is 5.54 Å². The molecule has 0 bridgehead atoms. The maximum Gasteiger partial charge on any atom is 0.246 e. The van der Waals surface area contributed by atoms with Crippen LogP contribution in [-0.2, 0) is 9.59 Å². The number of hydrogen-bond donors (Lipinski definition) is 1. The zero-order valence-electron chi connectivity index (χ0n) is 12.1. The molecule has 1 N–H and O–H groups in total. The summed E-state index contributed by atoms with van der Waals surface area (Å²) < 4.78 is 0. The Kier molecular flexibility index (Phi) is 3.97. The highest BCUT2D eigenvalue weighted by Gasteiger charge is 2.53. The molecule has 2 amide bonds. The van der Waals surface area contributed by atoms with Crippen LogP contribution in [0.15, 0.2) is 12.2 Å². The van der Waals surface area contributed by atoms with Gasteiger partial charge in [0.25, 0.3) is 0 Å². The number of allylic oxidation sites excluding steroid dienone is 1. The van der Waals surface area contributed by atoms with Gasteiger partial charge in [0.05, 0.1) is 0 Å². The summed E-state index contributed by atoms with van der Waals surface area (Å²) in [5, 5.41) is 2.97. The lowest BCUT2D eigenvalue weighted by Gasteiger charge is -2.47. The van der Waals surface area contributed by atoms with Crippen molar-refractivity contribution in [2.24, 2.45) is 5.92 Å². The number of nitrogens with one attached hydrogen (secondary N) is 1. The van der Waals surface area contributed by atoms with Crippen molar-refractivity contribution in [1.29, 1.82) is 0 Å². The van der Waals surface area contributed by atoms with Crippen molar-refractivity contribution < 1.29 is 9.59 Å². The van der Waals surface area contributed by atoms with Gasteiger partial charge >= 0.3 is 0 Å². The van der Waals surface area contributed by atoms with Crippen LogP contribution in [-0.4, -0.2) is 34.8 Å². The highest BCUT2D eigenvalue weighted by atomic mass is 16.2. The third kappa shape index (κ3) is 2.28. The average Bonchev–Trinajstić information content (AvgIpc) is 3.24. The van der Waals surface area contributed by atoms with E-state index in [1.54, 1.807) is 4.90 Å². The molecule has 106 valence electrons. The summed E-state index contributed by atoms with van der Waals surface area (Å²) in [4.78, 5) is 27.0. The molecular weight excluding hydrogens is 240 g/mol. The van der Waals surface area contributed by atoms with Crippen LogP contribution in [0.5, 0.6) is 0 Å². The van der Waals surface area contributed by atoms with Gasteiger partial charge < -0.3 is 10.2 Å². The maximum absolute atomic E-state index is 12.7. The second-order valence-corrected chi connectivity index (χ2v) is 5.55. The van der Waals surface area contributed by atoms with Crippen molar-refractivity contribution in [3.05, 3.63) is 12.2 Å². The molecule has 0 aromatic heterocycles. The van der Waals surface area contributed by atoms with Crippen LogP contribution in [0.4, 0.5) is 0 Å². The minimum atomic E-state index is -0.665. The van der Waals surface area contributed by atoms with Crippen molar-refractivity contribution in [2.45, 2.75) is 58.0 Å². The number of amides is 2. The lowest BCUT2D eigenvalue weighted by atomic mass is 9.85. The molecule has 2 rings (SSSR count). The fourth-order valence-corrected chi connectivity index (χ4v) is 3.02. The molecule has 0 aromatic rings. The highest BCUT2D eigenvalue weighted by molar-refractivity contribution is 6.00. The molecule has 1 heterocycles. The molecule has 0 spiro atoms. The lowest BCUT2D eigenvalue weighted by molar-refractivity contribution is -0.158. The Balaban J connectivity index is 2.31. The number of hydrogen-bond acceptors (Lipinski definition) is 2. The highest BCUT2D eigenvalue weighted by Crippen LogP contribution is 2.38. The van der Waals surface area contributed by atoms with Crippen molar-refractivity contribution in [1.82, 2.24) is 10.2 Å². The first-order chi connectivity index (χ1) is 9.10. The number of nitrogens with zero attached hydrogens (tertiary/aromatic N) is 1. The predicted molar refractivity (Wildman–Crippen MR) is 74.5 cm³/mol. The number of rotatable bonds is 5. The molecule has 2 fully saturated rings. The van der Waals surface area contributed by atoms with Gasteiger partial charge in [0.2, 0.25) is 11.8 Å². The number of carbonyl (C=O) groups excluding carboxylic acids is 2. The standard InChI is InChI=1S/C15H24N2O2/c1-4-7-10-17-13(18)12(11-8-9-11)16-14(19)15(17,5-2)6-3/h4,7,11-12H,5-6,8-10H2,1-3H3,(H,16,19)/b7-4+. The van der Waals surface area contributed by atoms with E-state index in [2.05, 4.69) is 5.32 Å². The van der Waals surface area contributed by atoms with E-state index in [1.807, 2.05) is 32.9 Å². The lowest BCUT2D eigenvalue weighted by Crippen LogP contribution is -2.70. The molecular formula is C15H24N2O2. The zero-order chi connectivity index (χ0) is 14.0. The molecule has 1 atom stereocenters. The van der Waals surface area contributed by atoms with Gasteiger partial charge in [-0.05, 0) is 38.5 Å². The summed E-state index contributed by atoms with van der Waals surface area (Å²) >= 11 is 0. The summed E-state index contributed by atoms with van der Waals surface area (Å²) in [6.07, 6.45) is 7.33. The number of piperazine rings is 1. The average molecular weight is 264 g/mol. The minimum absolute atomic E-state index is 0.0264. The normalized spacial score (nSPS) is 26.9. The van der Waals surface area contributed by atoms with Gasteiger partial charge in [0.1, 0.15) is 11.6 Å². The topological polar surface area (TPSA) is 49.4 Å². The van der Waals surface area contributed by atoms with E-state index in [0.717, 1.165) is 12.8 Å². The van der Waals surface area contributed by atoms with Gasteiger partial charge in [0.15, 0.2) is 0 Å². The third-order valence-corrected chi connectivity index (χ3v) is 4.54. The predicted octanol–water partition coefficient (Wildman–Crippen LogP) is 1.86. The molecule has 4 nitrogen and oxygen atoms in total. The molecule has 19 heavy (non-hydrogen) atoms. The molecule has 2 aliphatic rings. The van der Waals surface area contributed by atoms with Gasteiger partial charge in [0, 0.05) is 6.54 Å². The van der Waals surface area contributed by atoms with Gasteiger partial charge in [-0.2, -0.15) is 0 Å². The van der Waals surface area contributed by atoms with Crippen LogP contribution in [0.1, 0.15) is 46.5 Å². The fourth-order valence-electron chi connectivity index (χ4n) is 3.02. The third-order valence-electron chi connectivity index (χ3n) is 4.54. The van der Waals surface area contributed by atoms with E-state index in [4.69, 9.17) is 0 Å². The Bertz CT molecular complexity index is 395. The Morgan fingerprint density at radius 1 is 1.32 bits per heavy atom. The first kappa shape index (κ1) is 14.1. The van der Waals surface area contributed by atoms with Crippen LogP contribution in [0.3, 0.4) is 0 Å². The van der Waals surface area contributed by atoms with Crippen molar-refractivity contribution in [2.75, 3.05) is 6.54 Å². The van der Waals surface area contributed by atoms with Gasteiger partial charge in [-0.1, -0.05) is 26.0 Å². The second-order valence-electron chi connectivity index (χ2n) is 5.55. The monoisotopic (exact) mass is 264 g/mol. The van der Waals surface area contributed by atoms with Gasteiger partial charge in [-0.25, -0.2) is 0 Å². The zero-order valence-corrected chi connectivity index (χ0v) is 12.1. The first-order valence-corrected chi connectivity index (χ1v) is 7.34. The number of carbonyl (C=O) groups is 2. The van der Waals surface area contributed by atoms with Crippen LogP contribution >= 0.6 is 0 Å². The largest absolute Gasteiger partial charge is 0.342 e. The molecule has 1 unspecified atom stereocenters. The Morgan fingerprint density at radius 2 is 1.95 bits per heavy atom. The summed E-state index contributed by atoms with van der Waals surface area (Å²) in [5.41, 5.74) is -0.665. The first-order valence-electron chi connectivity index (χ1n) is 7.34. The van der Waals surface area contributed by atoms with E-state index >= 15 is 0 Å². The summed E-state index contributed by atoms with van der Waals surface area (Å²) in [6, 6.07) is -0.288. The van der Waals surface area contributed by atoms with Crippen molar-refractivity contribution in [3.63, 3.8) is 0 Å². The van der Waals surface area contributed by atoms with Crippen LogP contribution in [0.25, 0.3) is 0 Å². The molecule has 0 aromatic carbocycles. The molecule has 4 heteroatoms. The van der Waals surface area contributed by atoms with E-state index in [-0.39, 0.29) is 17.9 Å². The van der Waals surface area contributed by atoms with Gasteiger partial charge in [-0.15, -0.1) is 0 Å². The molecule has 1 aliphatic heterocycles. The van der Waals surface area contributed by atoms with Crippen molar-refractivity contribution in [3.8, 4) is 0 Å². The van der Waals surface area contributed by atoms with Crippen LogP contribution in [0.2, 0.25) is 0 Å². The quantitative estimate of drug-likeness (QED) is 0.771. The van der Waals surface area contributed by atoms with Crippen LogP contribution < -0.4 is 5.32 Å². The van der Waals surface area contributed by atoms with Crippen molar-refractivity contribution >= 4 is 11.8 Å². The SMILES string of the molecule is C/C=C/CN1C(=O)C(C2CC2)NC(=O)C1(CC)CC. The molecule has 1 aliphatic carbocycles. The Morgan fingerprint density at radius 3 is 2.42 bits per heavy atom. The second kappa shape index (κ2) is 5.35. The smallest absolute Gasteiger partial charge is 0.246 e. The summed E-state index contributed by atoms with van der Waals surface area (Å²) in [7, 11) is 0. The van der Waals surface area contributed by atoms with E-state index in [1.165, 1.54) is 0 Å². The Hall–Kier alpha value is -1.32. The summed E-state index contributed by atoms with van der Waals surface area (Å²) in [6.45, 7) is 6.44. The molecule has 1 saturated heterocycles. The van der Waals surface area contributed by atoms with Gasteiger partial charge in [-0.3, -0.25) is 9.59 Å². The van der Waals surface area contributed by atoms with E-state index in [0.29, 0.717) is 25.3 Å². The molecule has 1 saturated carbocycles.